The lowest BCUT2D eigenvalue weighted by Gasteiger charge is -2.26. The first kappa shape index (κ1) is 19.3. The van der Waals surface area contributed by atoms with Gasteiger partial charge in [-0.25, -0.2) is 4.99 Å². The molecule has 2 fully saturated rings. The number of hydrogen-bond donors (Lipinski definition) is 0. The lowest BCUT2D eigenvalue weighted by molar-refractivity contribution is -0.122. The van der Waals surface area contributed by atoms with Crippen molar-refractivity contribution in [1.82, 2.24) is 4.90 Å². The first-order chi connectivity index (χ1) is 13.6. The number of furan rings is 1. The molecule has 1 aromatic heterocycles. The Labute approximate surface area is 176 Å². The second kappa shape index (κ2) is 8.55. The number of morpholine rings is 1. The van der Waals surface area contributed by atoms with E-state index in [9.17, 15) is 4.79 Å². The van der Waals surface area contributed by atoms with Gasteiger partial charge in [0.15, 0.2) is 11.1 Å². The van der Waals surface area contributed by atoms with Gasteiger partial charge in [-0.1, -0.05) is 15.9 Å². The van der Waals surface area contributed by atoms with Crippen molar-refractivity contribution in [3.8, 4) is 0 Å². The smallest absolute Gasteiger partial charge is 0.266 e. The second-order valence-corrected chi connectivity index (χ2v) is 8.23. The molecule has 0 saturated carbocycles. The Bertz CT molecular complexity index is 917. The predicted octanol–water partition coefficient (Wildman–Crippen LogP) is 4.50. The number of amidine groups is 1. The molecule has 0 aliphatic carbocycles. The van der Waals surface area contributed by atoms with Crippen LogP contribution in [0.25, 0.3) is 6.08 Å². The molecular weight excluding hydrogens is 442 g/mol. The number of aliphatic imine (C=N–C) groups is 1. The number of carbonyl (C=O) groups is 1. The number of thioether (sulfide) groups is 1. The van der Waals surface area contributed by atoms with E-state index < -0.39 is 0 Å². The minimum atomic E-state index is -0.0484. The van der Waals surface area contributed by atoms with Crippen LogP contribution in [0, 0.1) is 0 Å². The summed E-state index contributed by atoms with van der Waals surface area (Å²) in [6, 6.07) is 11.5. The molecule has 0 spiro atoms. The summed E-state index contributed by atoms with van der Waals surface area (Å²) in [4.78, 5) is 21.9. The van der Waals surface area contributed by atoms with Gasteiger partial charge in [-0.15, -0.1) is 0 Å². The van der Waals surface area contributed by atoms with Crippen molar-refractivity contribution in [3.05, 3.63) is 51.5 Å². The lowest BCUT2D eigenvalue weighted by atomic mass is 10.3. The number of halogens is 1. The van der Waals surface area contributed by atoms with Gasteiger partial charge in [0.05, 0.1) is 23.8 Å². The molecule has 28 heavy (non-hydrogen) atoms. The summed E-state index contributed by atoms with van der Waals surface area (Å²) in [7, 11) is 0. The maximum Gasteiger partial charge on any atom is 0.266 e. The molecule has 2 aromatic rings. The normalized spacial score (nSPS) is 20.6. The van der Waals surface area contributed by atoms with E-state index in [4.69, 9.17) is 9.15 Å². The zero-order chi connectivity index (χ0) is 19.5. The van der Waals surface area contributed by atoms with Gasteiger partial charge in [0.2, 0.25) is 0 Å². The SMILES string of the molecule is CCN1C(=O)/C(=C/c2ccc(N3CCOCC3)o2)SC1=Nc1ccc(Br)cc1. The largest absolute Gasteiger partial charge is 0.441 e. The van der Waals surface area contributed by atoms with Gasteiger partial charge in [0.25, 0.3) is 5.91 Å². The van der Waals surface area contributed by atoms with Crippen molar-refractivity contribution < 1.29 is 13.9 Å². The Morgan fingerprint density at radius 1 is 1.18 bits per heavy atom. The molecule has 6 nitrogen and oxygen atoms in total. The third-order valence-corrected chi connectivity index (χ3v) is 6.00. The fourth-order valence-corrected chi connectivity index (χ4v) is 4.31. The monoisotopic (exact) mass is 461 g/mol. The lowest BCUT2D eigenvalue weighted by Crippen LogP contribution is -2.35. The second-order valence-electron chi connectivity index (χ2n) is 6.31. The van der Waals surface area contributed by atoms with Gasteiger partial charge < -0.3 is 14.1 Å². The number of amides is 1. The molecule has 0 unspecified atom stereocenters. The number of rotatable bonds is 4. The summed E-state index contributed by atoms with van der Waals surface area (Å²) in [5, 5.41) is 0.682. The fourth-order valence-electron chi connectivity index (χ4n) is 3.00. The first-order valence-electron chi connectivity index (χ1n) is 9.12. The standard InChI is InChI=1S/C20H20BrN3O3S/c1-2-24-19(25)17(28-20(24)22-15-5-3-14(21)4-6-15)13-16-7-8-18(27-16)23-9-11-26-12-10-23/h3-8,13H,2,9-12H2,1H3/b17-13-,22-20?. The number of ether oxygens (including phenoxy) is 1. The zero-order valence-electron chi connectivity index (χ0n) is 15.4. The molecule has 0 radical (unpaired) electrons. The van der Waals surface area contributed by atoms with E-state index in [0.717, 1.165) is 29.1 Å². The molecule has 146 valence electrons. The number of hydrogen-bond acceptors (Lipinski definition) is 6. The highest BCUT2D eigenvalue weighted by molar-refractivity contribution is 9.10. The van der Waals surface area contributed by atoms with E-state index >= 15 is 0 Å². The molecular formula is C20H20BrN3O3S. The maximum atomic E-state index is 12.8. The summed E-state index contributed by atoms with van der Waals surface area (Å²) in [5.41, 5.74) is 0.811. The molecule has 2 saturated heterocycles. The fraction of sp³-hybridized carbons (Fsp3) is 0.300. The minimum Gasteiger partial charge on any atom is -0.441 e. The van der Waals surface area contributed by atoms with E-state index in [-0.39, 0.29) is 5.91 Å². The van der Waals surface area contributed by atoms with E-state index in [1.54, 1.807) is 11.0 Å². The third kappa shape index (κ3) is 4.19. The molecule has 1 aromatic carbocycles. The Morgan fingerprint density at radius 2 is 1.93 bits per heavy atom. The van der Waals surface area contributed by atoms with Crippen LogP contribution in [0.4, 0.5) is 11.6 Å². The highest BCUT2D eigenvalue weighted by Crippen LogP contribution is 2.35. The van der Waals surface area contributed by atoms with Crippen LogP contribution >= 0.6 is 27.7 Å². The van der Waals surface area contributed by atoms with Crippen molar-refractivity contribution in [2.24, 2.45) is 4.99 Å². The molecule has 3 heterocycles. The van der Waals surface area contributed by atoms with Crippen LogP contribution in [0.1, 0.15) is 12.7 Å². The number of nitrogens with zero attached hydrogens (tertiary/aromatic N) is 3. The highest BCUT2D eigenvalue weighted by atomic mass is 79.9. The van der Waals surface area contributed by atoms with Crippen LogP contribution in [0.3, 0.4) is 0 Å². The number of benzene rings is 1. The Balaban J connectivity index is 1.55. The highest BCUT2D eigenvalue weighted by Gasteiger charge is 2.32. The van der Waals surface area contributed by atoms with Crippen LogP contribution in [0.2, 0.25) is 0 Å². The van der Waals surface area contributed by atoms with Crippen molar-refractivity contribution in [1.29, 1.82) is 0 Å². The minimum absolute atomic E-state index is 0.0484. The number of carbonyl (C=O) groups excluding carboxylic acids is 1. The average molecular weight is 462 g/mol. The number of likely N-dealkylation sites (N-methyl/N-ethyl adjacent to an activating group) is 1. The molecule has 0 N–H and O–H groups in total. The van der Waals surface area contributed by atoms with Gasteiger partial charge in [0, 0.05) is 36.2 Å². The van der Waals surface area contributed by atoms with Crippen LogP contribution in [0.15, 0.2) is 55.2 Å². The van der Waals surface area contributed by atoms with Gasteiger partial charge >= 0.3 is 0 Å². The van der Waals surface area contributed by atoms with Crippen molar-refractivity contribution in [2.45, 2.75) is 6.92 Å². The van der Waals surface area contributed by atoms with Crippen molar-refractivity contribution in [3.63, 3.8) is 0 Å². The summed E-state index contributed by atoms with van der Waals surface area (Å²) in [5.74, 6) is 1.42. The molecule has 0 bridgehead atoms. The molecule has 0 atom stereocenters. The van der Waals surface area contributed by atoms with Crippen LogP contribution in [0.5, 0.6) is 0 Å². The molecule has 1 amide bonds. The zero-order valence-corrected chi connectivity index (χ0v) is 17.8. The van der Waals surface area contributed by atoms with E-state index in [0.29, 0.717) is 35.6 Å². The Morgan fingerprint density at radius 3 is 2.64 bits per heavy atom. The molecule has 2 aliphatic heterocycles. The van der Waals surface area contributed by atoms with Gasteiger partial charge in [-0.2, -0.15) is 0 Å². The Hall–Kier alpha value is -2.03. The van der Waals surface area contributed by atoms with Crippen molar-refractivity contribution in [2.75, 3.05) is 37.7 Å². The van der Waals surface area contributed by atoms with Gasteiger partial charge in [-0.3, -0.25) is 9.69 Å². The summed E-state index contributed by atoms with van der Waals surface area (Å²) in [6.45, 7) is 5.53. The molecule has 4 rings (SSSR count). The first-order valence-corrected chi connectivity index (χ1v) is 10.7. The van der Waals surface area contributed by atoms with Crippen LogP contribution in [-0.4, -0.2) is 48.8 Å². The molecule has 2 aliphatic rings. The van der Waals surface area contributed by atoms with Crippen LogP contribution < -0.4 is 4.90 Å². The summed E-state index contributed by atoms with van der Waals surface area (Å²) < 4.78 is 12.3. The molecule has 8 heteroatoms. The van der Waals surface area contributed by atoms with Gasteiger partial charge in [-0.05, 0) is 49.0 Å². The van der Waals surface area contributed by atoms with Crippen LogP contribution in [-0.2, 0) is 9.53 Å². The predicted molar refractivity (Wildman–Crippen MR) is 116 cm³/mol. The summed E-state index contributed by atoms with van der Waals surface area (Å²) in [6.07, 6.45) is 1.80. The van der Waals surface area contributed by atoms with E-state index in [1.807, 2.05) is 43.3 Å². The average Bonchev–Trinajstić information content (AvgIpc) is 3.29. The van der Waals surface area contributed by atoms with E-state index in [1.165, 1.54) is 11.8 Å². The third-order valence-electron chi connectivity index (χ3n) is 4.46. The topological polar surface area (TPSA) is 58.3 Å². The quantitative estimate of drug-likeness (QED) is 0.627. The van der Waals surface area contributed by atoms with E-state index in [2.05, 4.69) is 25.8 Å². The maximum absolute atomic E-state index is 12.8. The Kier molecular flexibility index (Phi) is 5.89. The van der Waals surface area contributed by atoms with Gasteiger partial charge in [0.1, 0.15) is 5.76 Å². The number of anilines is 1. The van der Waals surface area contributed by atoms with Crippen molar-refractivity contribution >= 4 is 56.4 Å². The summed E-state index contributed by atoms with van der Waals surface area (Å²) >= 11 is 4.79.